The van der Waals surface area contributed by atoms with E-state index in [1.165, 1.54) is 5.56 Å². The summed E-state index contributed by atoms with van der Waals surface area (Å²) in [5, 5.41) is 2.83. The number of fused-ring (bicyclic) bond motifs is 1. The third-order valence-corrected chi connectivity index (χ3v) is 4.95. The number of amides is 2. The molecule has 0 aliphatic carbocycles. The molecule has 0 spiro atoms. The molecule has 2 heterocycles. The number of anilines is 2. The molecule has 1 aromatic heterocycles. The van der Waals surface area contributed by atoms with Gasteiger partial charge in [-0.15, -0.1) is 0 Å². The Bertz CT molecular complexity index is 1030. The fourth-order valence-electron chi connectivity index (χ4n) is 3.39. The summed E-state index contributed by atoms with van der Waals surface area (Å²) >= 11 is 0. The summed E-state index contributed by atoms with van der Waals surface area (Å²) in [5.41, 5.74) is 4.47. The number of para-hydroxylation sites is 1. The van der Waals surface area contributed by atoms with Crippen molar-refractivity contribution in [3.05, 3.63) is 89.2 Å². The van der Waals surface area contributed by atoms with Crippen molar-refractivity contribution < 1.29 is 9.59 Å². The van der Waals surface area contributed by atoms with E-state index in [1.807, 2.05) is 48.5 Å². The predicted molar refractivity (Wildman–Crippen MR) is 110 cm³/mol. The van der Waals surface area contributed by atoms with Crippen LogP contribution in [0.5, 0.6) is 0 Å². The second kappa shape index (κ2) is 7.64. The van der Waals surface area contributed by atoms with E-state index in [1.54, 1.807) is 23.1 Å². The average molecular weight is 371 g/mol. The molecular weight excluding hydrogens is 350 g/mol. The molecule has 0 bridgehead atoms. The van der Waals surface area contributed by atoms with Crippen molar-refractivity contribution in [2.75, 3.05) is 16.8 Å². The zero-order valence-corrected chi connectivity index (χ0v) is 15.7. The van der Waals surface area contributed by atoms with Crippen LogP contribution < -0.4 is 10.2 Å². The Kier molecular flexibility index (Phi) is 4.89. The number of carbonyl (C=O) groups excluding carboxylic acids is 2. The van der Waals surface area contributed by atoms with Crippen LogP contribution >= 0.6 is 0 Å². The molecule has 5 nitrogen and oxygen atoms in total. The van der Waals surface area contributed by atoms with Gasteiger partial charge in [0, 0.05) is 17.9 Å². The van der Waals surface area contributed by atoms with Crippen molar-refractivity contribution in [3.63, 3.8) is 0 Å². The maximum Gasteiger partial charge on any atom is 0.276 e. The summed E-state index contributed by atoms with van der Waals surface area (Å²) in [6.07, 6.45) is 1.77. The Balaban J connectivity index is 1.52. The normalized spacial score (nSPS) is 12.5. The molecule has 1 aliphatic heterocycles. The molecule has 0 unspecified atom stereocenters. The molecule has 0 saturated carbocycles. The van der Waals surface area contributed by atoms with Gasteiger partial charge in [0.25, 0.3) is 11.8 Å². The number of hydrogen-bond donors (Lipinski definition) is 1. The molecule has 0 radical (unpaired) electrons. The van der Waals surface area contributed by atoms with Crippen molar-refractivity contribution in [2.24, 2.45) is 0 Å². The first kappa shape index (κ1) is 17.9. The number of pyridine rings is 1. The van der Waals surface area contributed by atoms with Crippen LogP contribution in [0, 0.1) is 0 Å². The number of carbonyl (C=O) groups is 2. The maximum absolute atomic E-state index is 12.9. The first-order valence-electron chi connectivity index (χ1n) is 9.43. The van der Waals surface area contributed by atoms with Gasteiger partial charge in [-0.1, -0.05) is 43.3 Å². The Morgan fingerprint density at radius 1 is 0.964 bits per heavy atom. The van der Waals surface area contributed by atoms with Gasteiger partial charge in [-0.05, 0) is 54.3 Å². The summed E-state index contributed by atoms with van der Waals surface area (Å²) in [5.74, 6) is -0.521. The van der Waals surface area contributed by atoms with E-state index >= 15 is 0 Å². The Morgan fingerprint density at radius 3 is 2.50 bits per heavy atom. The molecule has 140 valence electrons. The molecule has 1 N–H and O–H groups in total. The summed E-state index contributed by atoms with van der Waals surface area (Å²) in [7, 11) is 0. The minimum atomic E-state index is -0.333. The Morgan fingerprint density at radius 2 is 1.71 bits per heavy atom. The summed E-state index contributed by atoms with van der Waals surface area (Å²) < 4.78 is 0. The second-order valence-corrected chi connectivity index (χ2v) is 6.75. The van der Waals surface area contributed by atoms with E-state index in [0.717, 1.165) is 24.1 Å². The number of hydrogen-bond acceptors (Lipinski definition) is 3. The number of nitrogens with zero attached hydrogens (tertiary/aromatic N) is 2. The van der Waals surface area contributed by atoms with Crippen LogP contribution in [0.2, 0.25) is 0 Å². The first-order valence-corrected chi connectivity index (χ1v) is 9.43. The minimum absolute atomic E-state index is 0.188. The van der Waals surface area contributed by atoms with Gasteiger partial charge in [-0.25, -0.2) is 4.98 Å². The van der Waals surface area contributed by atoms with Crippen LogP contribution in [-0.4, -0.2) is 23.3 Å². The van der Waals surface area contributed by atoms with Gasteiger partial charge >= 0.3 is 0 Å². The average Bonchev–Trinajstić information content (AvgIpc) is 3.18. The fraction of sp³-hybridized carbons (Fsp3) is 0.174. The lowest BCUT2D eigenvalue weighted by atomic mass is 10.1. The third-order valence-electron chi connectivity index (χ3n) is 4.95. The number of benzene rings is 2. The van der Waals surface area contributed by atoms with Crippen LogP contribution in [0.25, 0.3) is 0 Å². The van der Waals surface area contributed by atoms with Crippen molar-refractivity contribution in [1.29, 1.82) is 0 Å². The van der Waals surface area contributed by atoms with E-state index in [2.05, 4.69) is 17.2 Å². The molecule has 2 amide bonds. The molecular formula is C23H21N3O2. The van der Waals surface area contributed by atoms with Gasteiger partial charge in [0.2, 0.25) is 0 Å². The lowest BCUT2D eigenvalue weighted by Gasteiger charge is -2.17. The smallest absolute Gasteiger partial charge is 0.276 e. The van der Waals surface area contributed by atoms with Gasteiger partial charge in [0.15, 0.2) is 0 Å². The van der Waals surface area contributed by atoms with Crippen molar-refractivity contribution >= 4 is 23.2 Å². The highest BCUT2D eigenvalue weighted by atomic mass is 16.2. The summed E-state index contributed by atoms with van der Waals surface area (Å²) in [6.45, 7) is 2.71. The van der Waals surface area contributed by atoms with E-state index in [4.69, 9.17) is 0 Å². The zero-order chi connectivity index (χ0) is 19.5. The van der Waals surface area contributed by atoms with Gasteiger partial charge in [0.1, 0.15) is 11.4 Å². The standard InChI is InChI=1S/C23H21N3O2/c1-2-16-10-12-18(13-11-16)24-22(27)19-7-5-8-20(25-19)23(28)26-15-14-17-6-3-4-9-21(17)26/h3-13H,2,14-15H2,1H3,(H,24,27). The van der Waals surface area contributed by atoms with Gasteiger partial charge < -0.3 is 10.2 Å². The summed E-state index contributed by atoms with van der Waals surface area (Å²) in [6, 6.07) is 20.5. The monoisotopic (exact) mass is 371 g/mol. The topological polar surface area (TPSA) is 62.3 Å². The summed E-state index contributed by atoms with van der Waals surface area (Å²) in [4.78, 5) is 31.6. The molecule has 0 atom stereocenters. The van der Waals surface area contributed by atoms with E-state index < -0.39 is 0 Å². The Labute approximate surface area is 164 Å². The second-order valence-electron chi connectivity index (χ2n) is 6.75. The van der Waals surface area contributed by atoms with Crippen LogP contribution in [0.4, 0.5) is 11.4 Å². The van der Waals surface area contributed by atoms with Crippen LogP contribution in [0.15, 0.2) is 66.7 Å². The minimum Gasteiger partial charge on any atom is -0.321 e. The third kappa shape index (κ3) is 3.51. The number of rotatable bonds is 4. The highest BCUT2D eigenvalue weighted by Crippen LogP contribution is 2.28. The number of nitrogens with one attached hydrogen (secondary N) is 1. The molecule has 28 heavy (non-hydrogen) atoms. The van der Waals surface area contributed by atoms with E-state index in [-0.39, 0.29) is 23.2 Å². The van der Waals surface area contributed by atoms with Crippen LogP contribution in [0.3, 0.4) is 0 Å². The van der Waals surface area contributed by atoms with Crippen LogP contribution in [0.1, 0.15) is 39.0 Å². The molecule has 4 rings (SSSR count). The molecule has 0 saturated heterocycles. The lowest BCUT2D eigenvalue weighted by Crippen LogP contribution is -2.30. The van der Waals surface area contributed by atoms with Gasteiger partial charge in [0.05, 0.1) is 0 Å². The molecule has 0 fully saturated rings. The zero-order valence-electron chi connectivity index (χ0n) is 15.7. The number of aryl methyl sites for hydroxylation is 1. The quantitative estimate of drug-likeness (QED) is 0.751. The van der Waals surface area contributed by atoms with E-state index in [0.29, 0.717) is 12.2 Å². The van der Waals surface area contributed by atoms with Gasteiger partial charge in [-0.3, -0.25) is 9.59 Å². The largest absolute Gasteiger partial charge is 0.321 e. The molecule has 5 heteroatoms. The fourth-order valence-corrected chi connectivity index (χ4v) is 3.39. The predicted octanol–water partition coefficient (Wildman–Crippen LogP) is 4.10. The maximum atomic E-state index is 12.9. The highest BCUT2D eigenvalue weighted by molar-refractivity contribution is 6.08. The SMILES string of the molecule is CCc1ccc(NC(=O)c2cccc(C(=O)N3CCc4ccccc43)n2)cc1. The van der Waals surface area contributed by atoms with E-state index in [9.17, 15) is 9.59 Å². The van der Waals surface area contributed by atoms with Crippen molar-refractivity contribution in [2.45, 2.75) is 19.8 Å². The molecule has 1 aliphatic rings. The first-order chi connectivity index (χ1) is 13.7. The molecule has 3 aromatic rings. The van der Waals surface area contributed by atoms with Crippen LogP contribution in [-0.2, 0) is 12.8 Å². The lowest BCUT2D eigenvalue weighted by molar-refractivity contribution is 0.0984. The van der Waals surface area contributed by atoms with Crippen molar-refractivity contribution in [3.8, 4) is 0 Å². The molecule has 2 aromatic carbocycles. The van der Waals surface area contributed by atoms with Gasteiger partial charge in [-0.2, -0.15) is 0 Å². The highest BCUT2D eigenvalue weighted by Gasteiger charge is 2.26. The number of aromatic nitrogens is 1. The Hall–Kier alpha value is -3.47. The van der Waals surface area contributed by atoms with Crippen molar-refractivity contribution in [1.82, 2.24) is 4.98 Å².